The van der Waals surface area contributed by atoms with Crippen LogP contribution in [0.5, 0.6) is 0 Å². The fraction of sp³-hybridized carbons (Fsp3) is 1.00. The molecule has 0 heterocycles. The predicted octanol–water partition coefficient (Wildman–Crippen LogP) is -1.84. The van der Waals surface area contributed by atoms with E-state index in [0.29, 0.717) is 0 Å². The molecule has 0 amide bonds. The quantitative estimate of drug-likeness (QED) is 0.446. The summed E-state index contributed by atoms with van der Waals surface area (Å²) in [7, 11) is -3.63. The van der Waals surface area contributed by atoms with E-state index < -0.39 is 16.3 Å². The lowest BCUT2D eigenvalue weighted by Crippen LogP contribution is -2.35. The van der Waals surface area contributed by atoms with Crippen molar-refractivity contribution in [3.8, 4) is 0 Å². The molecule has 0 saturated carbocycles. The van der Waals surface area contributed by atoms with Gasteiger partial charge in [0.25, 0.3) is 10.2 Å². The lowest BCUT2D eigenvalue weighted by molar-refractivity contribution is 0.198. The van der Waals surface area contributed by atoms with Gasteiger partial charge in [-0.15, -0.1) is 0 Å². The third kappa shape index (κ3) is 7.83. The Bertz CT molecular complexity index is 162. The van der Waals surface area contributed by atoms with Crippen LogP contribution in [-0.4, -0.2) is 26.2 Å². The van der Waals surface area contributed by atoms with Crippen LogP contribution in [-0.2, 0) is 10.2 Å². The maximum atomic E-state index is 10.1. The van der Waals surface area contributed by atoms with Crippen LogP contribution in [0.1, 0.15) is 6.92 Å². The minimum atomic E-state index is -3.63. The molecule has 5 nitrogen and oxygen atoms in total. The molecule has 1 atom stereocenters. The van der Waals surface area contributed by atoms with E-state index in [1.807, 2.05) is 4.72 Å². The molecule has 6 heteroatoms. The Hall–Kier alpha value is -0.170. The normalized spacial score (nSPS) is 15.4. The van der Waals surface area contributed by atoms with Gasteiger partial charge in [0, 0.05) is 6.54 Å². The van der Waals surface area contributed by atoms with E-state index in [-0.39, 0.29) is 6.54 Å². The van der Waals surface area contributed by atoms with Gasteiger partial charge in [0.15, 0.2) is 0 Å². The molecular weight excluding hydrogens is 144 g/mol. The van der Waals surface area contributed by atoms with Crippen LogP contribution in [0.3, 0.4) is 0 Å². The summed E-state index contributed by atoms with van der Waals surface area (Å²) in [6.07, 6.45) is -0.705. The summed E-state index contributed by atoms with van der Waals surface area (Å²) in [5.41, 5.74) is 0. The first kappa shape index (κ1) is 8.83. The summed E-state index contributed by atoms with van der Waals surface area (Å²) in [4.78, 5) is 0. The third-order valence-corrected chi connectivity index (χ3v) is 1.15. The Morgan fingerprint density at radius 3 is 2.33 bits per heavy atom. The van der Waals surface area contributed by atoms with Gasteiger partial charge in [-0.25, -0.2) is 5.14 Å². The van der Waals surface area contributed by atoms with Gasteiger partial charge in [-0.3, -0.25) is 0 Å². The number of rotatable bonds is 3. The van der Waals surface area contributed by atoms with Gasteiger partial charge in [-0.05, 0) is 6.92 Å². The standard InChI is InChI=1S/C3H10N2O3S/c1-3(6)2-5-9(4,7)8/h3,5-6H,2H2,1H3,(H2,4,7,8)/t3-/m0/s1. The molecule has 0 saturated heterocycles. The highest BCUT2D eigenvalue weighted by Crippen LogP contribution is 1.75. The van der Waals surface area contributed by atoms with Crippen molar-refractivity contribution in [2.45, 2.75) is 13.0 Å². The van der Waals surface area contributed by atoms with Crippen LogP contribution in [0.15, 0.2) is 0 Å². The second-order valence-corrected chi connectivity index (χ2v) is 3.12. The van der Waals surface area contributed by atoms with Gasteiger partial charge in [0.05, 0.1) is 6.10 Å². The van der Waals surface area contributed by atoms with Crippen molar-refractivity contribution in [1.29, 1.82) is 0 Å². The molecule has 56 valence electrons. The van der Waals surface area contributed by atoms with Gasteiger partial charge in [0.1, 0.15) is 0 Å². The van der Waals surface area contributed by atoms with E-state index in [1.165, 1.54) is 6.92 Å². The van der Waals surface area contributed by atoms with Gasteiger partial charge in [-0.2, -0.15) is 13.1 Å². The number of hydrogen-bond donors (Lipinski definition) is 3. The van der Waals surface area contributed by atoms with Crippen molar-refractivity contribution in [2.24, 2.45) is 5.14 Å². The second-order valence-electron chi connectivity index (χ2n) is 1.74. The van der Waals surface area contributed by atoms with Crippen molar-refractivity contribution in [2.75, 3.05) is 6.54 Å². The third-order valence-electron chi connectivity index (χ3n) is 0.580. The molecule has 0 bridgehead atoms. The van der Waals surface area contributed by atoms with Crippen molar-refractivity contribution in [3.05, 3.63) is 0 Å². The highest BCUT2D eigenvalue weighted by Gasteiger charge is 2.01. The highest BCUT2D eigenvalue weighted by molar-refractivity contribution is 7.87. The molecule has 0 fully saturated rings. The maximum Gasteiger partial charge on any atom is 0.274 e. The average molecular weight is 154 g/mol. The number of aliphatic hydroxyl groups is 1. The van der Waals surface area contributed by atoms with Gasteiger partial charge < -0.3 is 5.11 Å². The van der Waals surface area contributed by atoms with E-state index in [0.717, 1.165) is 0 Å². The smallest absolute Gasteiger partial charge is 0.274 e. The second kappa shape index (κ2) is 3.11. The fourth-order valence-electron chi connectivity index (χ4n) is 0.237. The molecule has 0 radical (unpaired) electrons. The monoisotopic (exact) mass is 154 g/mol. The van der Waals surface area contributed by atoms with Crippen LogP contribution in [0.2, 0.25) is 0 Å². The maximum absolute atomic E-state index is 10.1. The van der Waals surface area contributed by atoms with E-state index in [1.54, 1.807) is 0 Å². The molecule has 0 aliphatic heterocycles. The summed E-state index contributed by atoms with van der Waals surface area (Å²) < 4.78 is 22.1. The molecular formula is C3H10N2O3S. The van der Waals surface area contributed by atoms with Crippen LogP contribution in [0.25, 0.3) is 0 Å². The summed E-state index contributed by atoms with van der Waals surface area (Å²) in [5.74, 6) is 0. The zero-order valence-corrected chi connectivity index (χ0v) is 5.85. The fourth-order valence-corrected chi connectivity index (χ4v) is 0.710. The van der Waals surface area contributed by atoms with E-state index in [2.05, 4.69) is 5.14 Å². The molecule has 0 unspecified atom stereocenters. The van der Waals surface area contributed by atoms with Crippen LogP contribution < -0.4 is 9.86 Å². The molecule has 0 aromatic carbocycles. The summed E-state index contributed by atoms with van der Waals surface area (Å²) in [5, 5.41) is 13.1. The van der Waals surface area contributed by atoms with Crippen molar-refractivity contribution >= 4 is 10.2 Å². The Kier molecular flexibility index (Phi) is 3.06. The zero-order chi connectivity index (χ0) is 7.49. The van der Waals surface area contributed by atoms with Crippen molar-refractivity contribution < 1.29 is 13.5 Å². The highest BCUT2D eigenvalue weighted by atomic mass is 32.2. The lowest BCUT2D eigenvalue weighted by atomic mass is 10.4. The summed E-state index contributed by atoms with van der Waals surface area (Å²) in [6, 6.07) is 0. The van der Waals surface area contributed by atoms with Gasteiger partial charge in [0.2, 0.25) is 0 Å². The van der Waals surface area contributed by atoms with Crippen LogP contribution in [0.4, 0.5) is 0 Å². The molecule has 9 heavy (non-hydrogen) atoms. The Morgan fingerprint density at radius 1 is 1.78 bits per heavy atom. The largest absolute Gasteiger partial charge is 0.392 e. The van der Waals surface area contributed by atoms with Gasteiger partial charge in [-0.1, -0.05) is 0 Å². The minimum Gasteiger partial charge on any atom is -0.392 e. The molecule has 0 aliphatic rings. The summed E-state index contributed by atoms with van der Waals surface area (Å²) in [6.45, 7) is 1.41. The molecule has 0 aliphatic carbocycles. The van der Waals surface area contributed by atoms with Gasteiger partial charge >= 0.3 is 0 Å². The van der Waals surface area contributed by atoms with Crippen LogP contribution in [0, 0.1) is 0 Å². The molecule has 0 spiro atoms. The number of nitrogens with one attached hydrogen (secondary N) is 1. The first-order valence-corrected chi connectivity index (χ1v) is 3.92. The van der Waals surface area contributed by atoms with E-state index >= 15 is 0 Å². The SMILES string of the molecule is C[C@H](O)CNS(N)(=O)=O. The van der Waals surface area contributed by atoms with E-state index in [4.69, 9.17) is 5.11 Å². The van der Waals surface area contributed by atoms with Crippen molar-refractivity contribution in [1.82, 2.24) is 4.72 Å². The van der Waals surface area contributed by atoms with Crippen LogP contribution >= 0.6 is 0 Å². The first-order valence-electron chi connectivity index (χ1n) is 2.37. The number of nitrogens with two attached hydrogens (primary N) is 1. The number of hydrogen-bond acceptors (Lipinski definition) is 3. The molecule has 0 aromatic heterocycles. The zero-order valence-electron chi connectivity index (χ0n) is 5.03. The number of aliphatic hydroxyl groups excluding tert-OH is 1. The lowest BCUT2D eigenvalue weighted by Gasteiger charge is -2.02. The Labute approximate surface area is 54.0 Å². The Morgan fingerprint density at radius 2 is 2.22 bits per heavy atom. The molecule has 0 aromatic rings. The topological polar surface area (TPSA) is 92.4 Å². The molecule has 4 N–H and O–H groups in total. The summed E-state index contributed by atoms with van der Waals surface area (Å²) >= 11 is 0. The predicted molar refractivity (Wildman–Crippen MR) is 32.8 cm³/mol. The molecule has 0 rings (SSSR count). The average Bonchev–Trinajstić information content (AvgIpc) is 1.59. The van der Waals surface area contributed by atoms with E-state index in [9.17, 15) is 8.42 Å². The minimum absolute atomic E-state index is 0.0428. The first-order chi connectivity index (χ1) is 3.92. The van der Waals surface area contributed by atoms with Crippen molar-refractivity contribution in [3.63, 3.8) is 0 Å². The Balaban J connectivity index is 3.53.